The number of nitrogens with zero attached hydrogens (tertiary/aromatic N) is 6. The Balaban J connectivity index is 1.32. The number of aromatic nitrogens is 5. The Labute approximate surface area is 193 Å². The zero-order valence-corrected chi connectivity index (χ0v) is 18.7. The largest absolute Gasteiger partial charge is 0.333 e. The van der Waals surface area contributed by atoms with Crippen molar-refractivity contribution in [2.75, 3.05) is 13.1 Å². The van der Waals surface area contributed by atoms with Crippen molar-refractivity contribution < 1.29 is 4.52 Å². The van der Waals surface area contributed by atoms with Crippen LogP contribution in [0.15, 0.2) is 59.5 Å². The summed E-state index contributed by atoms with van der Waals surface area (Å²) in [4.78, 5) is 11.4. The van der Waals surface area contributed by atoms with Crippen LogP contribution >= 0.6 is 0 Å². The second kappa shape index (κ2) is 8.90. The molecule has 7 nitrogen and oxygen atoms in total. The molecule has 1 aliphatic heterocycles. The van der Waals surface area contributed by atoms with Crippen molar-refractivity contribution in [2.45, 2.75) is 51.1 Å². The fraction of sp³-hybridized carbons (Fsp3) is 0.385. The van der Waals surface area contributed by atoms with Gasteiger partial charge in [-0.15, -0.1) is 0 Å². The maximum atomic E-state index is 5.75. The van der Waals surface area contributed by atoms with Crippen LogP contribution in [-0.2, 0) is 6.54 Å². The summed E-state index contributed by atoms with van der Waals surface area (Å²) in [5.74, 6) is 1.11. The Morgan fingerprint density at radius 3 is 2.39 bits per heavy atom. The molecule has 1 aliphatic carbocycles. The standard InChI is InChI=1S/C26H28N6O/c1-2-5-22(6-3-1)32-24(20-11-13-27-14-12-20)23(17-28-32)26-29-25(30-33-26)21-9-7-19(8-10-21)18-31-15-4-16-31/h7-14,17,22H,1-6,15-16,18H2. The topological polar surface area (TPSA) is 72.9 Å². The highest BCUT2D eigenvalue weighted by atomic mass is 16.5. The van der Waals surface area contributed by atoms with Gasteiger partial charge in [0, 0.05) is 30.1 Å². The van der Waals surface area contributed by atoms with Gasteiger partial charge in [-0.3, -0.25) is 14.6 Å². The molecule has 1 aromatic carbocycles. The lowest BCUT2D eigenvalue weighted by atomic mass is 9.95. The summed E-state index contributed by atoms with van der Waals surface area (Å²) < 4.78 is 7.92. The van der Waals surface area contributed by atoms with Crippen LogP contribution in [0.5, 0.6) is 0 Å². The van der Waals surface area contributed by atoms with E-state index in [-0.39, 0.29) is 0 Å². The Morgan fingerprint density at radius 2 is 1.67 bits per heavy atom. The quantitative estimate of drug-likeness (QED) is 0.401. The molecular weight excluding hydrogens is 412 g/mol. The Kier molecular flexibility index (Phi) is 5.48. The van der Waals surface area contributed by atoms with E-state index in [1.165, 1.54) is 44.3 Å². The molecule has 2 aliphatic rings. The third-order valence-corrected chi connectivity index (χ3v) is 6.89. The van der Waals surface area contributed by atoms with E-state index in [1.54, 1.807) is 0 Å². The number of likely N-dealkylation sites (tertiary alicyclic amines) is 1. The van der Waals surface area contributed by atoms with Gasteiger partial charge >= 0.3 is 0 Å². The second-order valence-corrected chi connectivity index (χ2v) is 9.13. The molecule has 0 unspecified atom stereocenters. The van der Waals surface area contributed by atoms with Crippen molar-refractivity contribution in [1.82, 2.24) is 29.8 Å². The Hall–Kier alpha value is -3.32. The average molecular weight is 441 g/mol. The predicted molar refractivity (Wildman–Crippen MR) is 126 cm³/mol. The summed E-state index contributed by atoms with van der Waals surface area (Å²) in [5.41, 5.74) is 5.25. The van der Waals surface area contributed by atoms with Gasteiger partial charge < -0.3 is 4.52 Å². The lowest BCUT2D eigenvalue weighted by molar-refractivity contribution is 0.172. The van der Waals surface area contributed by atoms with Crippen molar-refractivity contribution in [3.8, 4) is 34.1 Å². The number of hydrogen-bond donors (Lipinski definition) is 0. The van der Waals surface area contributed by atoms with Gasteiger partial charge in [0.25, 0.3) is 5.89 Å². The van der Waals surface area contributed by atoms with Crippen molar-refractivity contribution >= 4 is 0 Å². The monoisotopic (exact) mass is 440 g/mol. The second-order valence-electron chi connectivity index (χ2n) is 9.13. The van der Waals surface area contributed by atoms with E-state index in [2.05, 4.69) is 44.0 Å². The lowest BCUT2D eigenvalue weighted by Crippen LogP contribution is -2.36. The highest BCUT2D eigenvalue weighted by Crippen LogP contribution is 2.37. The molecule has 33 heavy (non-hydrogen) atoms. The molecule has 0 amide bonds. The summed E-state index contributed by atoms with van der Waals surface area (Å²) in [6.07, 6.45) is 12.9. The first-order chi connectivity index (χ1) is 16.3. The molecule has 2 fully saturated rings. The lowest BCUT2D eigenvalue weighted by Gasteiger charge is -2.30. The van der Waals surface area contributed by atoms with Crippen molar-refractivity contribution in [3.05, 3.63) is 60.6 Å². The van der Waals surface area contributed by atoms with E-state index in [0.29, 0.717) is 17.8 Å². The molecule has 0 bridgehead atoms. The summed E-state index contributed by atoms with van der Waals surface area (Å²) in [7, 11) is 0. The van der Waals surface area contributed by atoms with Gasteiger partial charge in [-0.25, -0.2) is 0 Å². The Morgan fingerprint density at radius 1 is 0.879 bits per heavy atom. The summed E-state index contributed by atoms with van der Waals surface area (Å²) in [6, 6.07) is 12.9. The van der Waals surface area contributed by atoms with Crippen LogP contribution in [0.25, 0.3) is 34.1 Å². The fourth-order valence-corrected chi connectivity index (χ4v) is 4.93. The highest BCUT2D eigenvalue weighted by molar-refractivity contribution is 5.77. The SMILES string of the molecule is c1cc(-c2c(-c3nc(-c4ccc(CN5CCC5)cc4)no3)cnn2C2CCCCC2)ccn1. The Bertz CT molecular complexity index is 1200. The molecule has 0 spiro atoms. The van der Waals surface area contributed by atoms with Gasteiger partial charge in [-0.1, -0.05) is 48.7 Å². The summed E-state index contributed by atoms with van der Waals surface area (Å²) in [6.45, 7) is 3.40. The summed E-state index contributed by atoms with van der Waals surface area (Å²) in [5, 5.41) is 9.08. The van der Waals surface area contributed by atoms with Crippen LogP contribution in [0.4, 0.5) is 0 Å². The zero-order chi connectivity index (χ0) is 22.0. The molecule has 3 aromatic heterocycles. The van der Waals surface area contributed by atoms with Crippen LogP contribution in [0, 0.1) is 0 Å². The van der Waals surface area contributed by atoms with Crippen LogP contribution in [0.3, 0.4) is 0 Å². The molecule has 0 radical (unpaired) electrons. The van der Waals surface area contributed by atoms with Crippen molar-refractivity contribution in [1.29, 1.82) is 0 Å². The van der Waals surface area contributed by atoms with E-state index in [0.717, 1.165) is 41.8 Å². The summed E-state index contributed by atoms with van der Waals surface area (Å²) >= 11 is 0. The molecule has 168 valence electrons. The fourth-order valence-electron chi connectivity index (χ4n) is 4.93. The van der Waals surface area contributed by atoms with Gasteiger partial charge in [-0.05, 0) is 50.0 Å². The van der Waals surface area contributed by atoms with Crippen molar-refractivity contribution in [2.24, 2.45) is 0 Å². The molecule has 4 heterocycles. The third kappa shape index (κ3) is 4.09. The molecule has 0 N–H and O–H groups in total. The van der Waals surface area contributed by atoms with Gasteiger partial charge in [-0.2, -0.15) is 10.1 Å². The first kappa shape index (κ1) is 20.3. The van der Waals surface area contributed by atoms with Gasteiger partial charge in [0.1, 0.15) is 0 Å². The van der Waals surface area contributed by atoms with E-state index in [4.69, 9.17) is 14.6 Å². The molecule has 1 saturated carbocycles. The minimum absolute atomic E-state index is 0.400. The third-order valence-electron chi connectivity index (χ3n) is 6.89. The van der Waals surface area contributed by atoms with Gasteiger partial charge in [0.2, 0.25) is 5.82 Å². The number of rotatable bonds is 6. The van der Waals surface area contributed by atoms with E-state index < -0.39 is 0 Å². The molecule has 4 aromatic rings. The predicted octanol–water partition coefficient (Wildman–Crippen LogP) is 5.37. The minimum atomic E-state index is 0.400. The zero-order valence-electron chi connectivity index (χ0n) is 18.7. The number of pyridine rings is 1. The molecule has 0 atom stereocenters. The van der Waals surface area contributed by atoms with E-state index in [9.17, 15) is 0 Å². The molecule has 7 heteroatoms. The van der Waals surface area contributed by atoms with E-state index in [1.807, 2.05) is 30.7 Å². The van der Waals surface area contributed by atoms with Gasteiger partial charge in [0.15, 0.2) is 0 Å². The number of hydrogen-bond acceptors (Lipinski definition) is 6. The molecule has 1 saturated heterocycles. The first-order valence-corrected chi connectivity index (χ1v) is 12.0. The first-order valence-electron chi connectivity index (χ1n) is 12.0. The van der Waals surface area contributed by atoms with Crippen molar-refractivity contribution in [3.63, 3.8) is 0 Å². The maximum Gasteiger partial charge on any atom is 0.262 e. The average Bonchev–Trinajstić information content (AvgIpc) is 3.50. The van der Waals surface area contributed by atoms with E-state index >= 15 is 0 Å². The normalized spacial score (nSPS) is 17.2. The van der Waals surface area contributed by atoms with Crippen LogP contribution in [0.1, 0.15) is 50.1 Å². The molecule has 6 rings (SSSR count). The highest BCUT2D eigenvalue weighted by Gasteiger charge is 2.25. The van der Waals surface area contributed by atoms with Gasteiger partial charge in [0.05, 0.1) is 23.5 Å². The smallest absolute Gasteiger partial charge is 0.262 e. The maximum absolute atomic E-state index is 5.75. The number of benzene rings is 1. The minimum Gasteiger partial charge on any atom is -0.333 e. The molecular formula is C26H28N6O. The van der Waals surface area contributed by atoms with Crippen LogP contribution in [0.2, 0.25) is 0 Å². The van der Waals surface area contributed by atoms with Crippen LogP contribution < -0.4 is 0 Å². The van der Waals surface area contributed by atoms with Crippen LogP contribution in [-0.4, -0.2) is 42.9 Å².